The molecule has 0 N–H and O–H groups in total. The Balaban J connectivity index is 1.37. The van der Waals surface area contributed by atoms with Gasteiger partial charge in [0.25, 0.3) is 0 Å². The van der Waals surface area contributed by atoms with Crippen LogP contribution in [0.25, 0.3) is 88.9 Å². The maximum absolute atomic E-state index is 5.34. The van der Waals surface area contributed by atoms with Crippen molar-refractivity contribution in [2.75, 3.05) is 0 Å². The first kappa shape index (κ1) is 28.3. The Hall–Kier alpha value is -6.78. The standard InChI is InChI=1S/C46H30N4/c1-5-17-31(18-6-1)43-38-29-37-35-25-14-16-28-40(35)50(46-47-39-27-15-13-26-36(39)44(48-46)32-19-7-2-8-20-32)41(37)30-42(38)49(34-23-11-4-12-24-34)45(43)33-21-9-3-10-22-33/h1-30H. The van der Waals surface area contributed by atoms with Gasteiger partial charge in [0.2, 0.25) is 5.95 Å². The second-order valence-corrected chi connectivity index (χ2v) is 12.6. The monoisotopic (exact) mass is 638 g/mol. The summed E-state index contributed by atoms with van der Waals surface area (Å²) in [6.45, 7) is 0. The van der Waals surface area contributed by atoms with Gasteiger partial charge in [-0.15, -0.1) is 0 Å². The Bertz CT molecular complexity index is 2840. The minimum atomic E-state index is 0.650. The third kappa shape index (κ3) is 4.39. The largest absolute Gasteiger partial charge is 0.309 e. The van der Waals surface area contributed by atoms with Gasteiger partial charge in [0.1, 0.15) is 0 Å². The maximum atomic E-state index is 5.34. The predicted octanol–water partition coefficient (Wildman–Crippen LogP) is 11.7. The van der Waals surface area contributed by atoms with Crippen molar-refractivity contribution in [2.24, 2.45) is 0 Å². The molecular weight excluding hydrogens is 609 g/mol. The Morgan fingerprint density at radius 1 is 0.360 bits per heavy atom. The van der Waals surface area contributed by atoms with Gasteiger partial charge in [0.15, 0.2) is 0 Å². The van der Waals surface area contributed by atoms with Gasteiger partial charge in [-0.05, 0) is 47.5 Å². The van der Waals surface area contributed by atoms with Crippen LogP contribution in [0, 0.1) is 0 Å². The zero-order valence-electron chi connectivity index (χ0n) is 27.1. The first-order valence-corrected chi connectivity index (χ1v) is 16.9. The normalized spacial score (nSPS) is 11.6. The van der Waals surface area contributed by atoms with Gasteiger partial charge in [0, 0.05) is 38.4 Å². The number of fused-ring (bicyclic) bond motifs is 5. The van der Waals surface area contributed by atoms with Crippen molar-refractivity contribution in [3.05, 3.63) is 182 Å². The lowest BCUT2D eigenvalue weighted by atomic mass is 9.97. The Morgan fingerprint density at radius 2 is 0.920 bits per heavy atom. The van der Waals surface area contributed by atoms with E-state index in [1.165, 1.54) is 16.5 Å². The molecule has 10 rings (SSSR count). The van der Waals surface area contributed by atoms with Gasteiger partial charge < -0.3 is 4.57 Å². The number of hydrogen-bond donors (Lipinski definition) is 0. The molecule has 3 aromatic heterocycles. The average Bonchev–Trinajstić information content (AvgIpc) is 3.70. The summed E-state index contributed by atoms with van der Waals surface area (Å²) in [4.78, 5) is 10.6. The van der Waals surface area contributed by atoms with Gasteiger partial charge in [-0.25, -0.2) is 9.97 Å². The summed E-state index contributed by atoms with van der Waals surface area (Å²) in [5.74, 6) is 0.650. The van der Waals surface area contributed by atoms with Crippen LogP contribution in [0.2, 0.25) is 0 Å². The molecule has 0 saturated heterocycles. The van der Waals surface area contributed by atoms with E-state index in [9.17, 15) is 0 Å². The van der Waals surface area contributed by atoms with Crippen LogP contribution in [0.4, 0.5) is 0 Å². The van der Waals surface area contributed by atoms with E-state index >= 15 is 0 Å². The number of hydrogen-bond acceptors (Lipinski definition) is 2. The summed E-state index contributed by atoms with van der Waals surface area (Å²) in [7, 11) is 0. The van der Waals surface area contributed by atoms with Crippen LogP contribution in [0.15, 0.2) is 182 Å². The second kappa shape index (κ2) is 11.4. The van der Waals surface area contributed by atoms with Gasteiger partial charge in [-0.2, -0.15) is 0 Å². The molecule has 0 spiro atoms. The van der Waals surface area contributed by atoms with Crippen molar-refractivity contribution in [3.8, 4) is 45.3 Å². The van der Waals surface area contributed by atoms with Crippen molar-refractivity contribution in [2.45, 2.75) is 0 Å². The highest BCUT2D eigenvalue weighted by Crippen LogP contribution is 2.45. The summed E-state index contributed by atoms with van der Waals surface area (Å²) >= 11 is 0. The van der Waals surface area contributed by atoms with Gasteiger partial charge in [-0.3, -0.25) is 4.57 Å². The molecule has 0 aliphatic rings. The third-order valence-corrected chi connectivity index (χ3v) is 9.72. The molecule has 0 radical (unpaired) electrons. The van der Waals surface area contributed by atoms with Crippen LogP contribution in [0.3, 0.4) is 0 Å². The molecule has 0 saturated carbocycles. The number of para-hydroxylation sites is 3. The summed E-state index contributed by atoms with van der Waals surface area (Å²) in [6, 6.07) is 64.3. The van der Waals surface area contributed by atoms with E-state index in [0.717, 1.165) is 66.4 Å². The third-order valence-electron chi connectivity index (χ3n) is 9.72. The van der Waals surface area contributed by atoms with E-state index in [1.807, 2.05) is 12.1 Å². The van der Waals surface area contributed by atoms with Crippen molar-refractivity contribution in [3.63, 3.8) is 0 Å². The van der Waals surface area contributed by atoms with Crippen LogP contribution in [-0.4, -0.2) is 19.1 Å². The van der Waals surface area contributed by atoms with E-state index in [0.29, 0.717) is 5.95 Å². The summed E-state index contributed by atoms with van der Waals surface area (Å²) in [5.41, 5.74) is 12.0. The number of aromatic nitrogens is 4. The smallest absolute Gasteiger partial charge is 0.235 e. The highest BCUT2D eigenvalue weighted by atomic mass is 15.2. The maximum Gasteiger partial charge on any atom is 0.235 e. The second-order valence-electron chi connectivity index (χ2n) is 12.6. The van der Waals surface area contributed by atoms with Crippen LogP contribution < -0.4 is 0 Å². The highest BCUT2D eigenvalue weighted by Gasteiger charge is 2.24. The molecule has 50 heavy (non-hydrogen) atoms. The molecule has 0 unspecified atom stereocenters. The molecule has 0 aliphatic carbocycles. The topological polar surface area (TPSA) is 35.6 Å². The molecule has 0 fully saturated rings. The van der Waals surface area contributed by atoms with Crippen molar-refractivity contribution < 1.29 is 0 Å². The lowest BCUT2D eigenvalue weighted by Crippen LogP contribution is -2.03. The Labute approximate surface area is 289 Å². The molecular formula is C46H30N4. The molecule has 4 heteroatoms. The molecule has 3 heterocycles. The SMILES string of the molecule is c1ccc(-c2nc(-n3c4ccccc4c4cc5c(-c6ccccc6)c(-c6ccccc6)n(-c6ccccc6)c5cc43)nc3ccccc23)cc1. The van der Waals surface area contributed by atoms with Gasteiger partial charge in [-0.1, -0.05) is 146 Å². The van der Waals surface area contributed by atoms with Gasteiger partial charge >= 0.3 is 0 Å². The summed E-state index contributed by atoms with van der Waals surface area (Å²) in [5, 5.41) is 4.55. The number of benzene rings is 7. The van der Waals surface area contributed by atoms with Crippen molar-refractivity contribution in [1.82, 2.24) is 19.1 Å². The zero-order valence-corrected chi connectivity index (χ0v) is 27.1. The lowest BCUT2D eigenvalue weighted by Gasteiger charge is -2.14. The highest BCUT2D eigenvalue weighted by molar-refractivity contribution is 6.17. The average molecular weight is 639 g/mol. The Morgan fingerprint density at radius 3 is 1.64 bits per heavy atom. The molecule has 0 atom stereocenters. The van der Waals surface area contributed by atoms with E-state index < -0.39 is 0 Å². The molecule has 0 amide bonds. The summed E-state index contributed by atoms with van der Waals surface area (Å²) < 4.78 is 4.67. The predicted molar refractivity (Wildman–Crippen MR) is 207 cm³/mol. The van der Waals surface area contributed by atoms with Crippen LogP contribution in [-0.2, 0) is 0 Å². The fourth-order valence-corrected chi connectivity index (χ4v) is 7.56. The number of rotatable bonds is 5. The zero-order chi connectivity index (χ0) is 33.0. The lowest BCUT2D eigenvalue weighted by molar-refractivity contribution is 1.01. The van der Waals surface area contributed by atoms with Crippen LogP contribution in [0.1, 0.15) is 0 Å². The molecule has 4 nitrogen and oxygen atoms in total. The quantitative estimate of drug-likeness (QED) is 0.188. The first-order valence-electron chi connectivity index (χ1n) is 16.9. The van der Waals surface area contributed by atoms with E-state index in [-0.39, 0.29) is 0 Å². The van der Waals surface area contributed by atoms with Crippen molar-refractivity contribution >= 4 is 43.6 Å². The van der Waals surface area contributed by atoms with E-state index in [1.54, 1.807) is 0 Å². The Kier molecular flexibility index (Phi) is 6.46. The fourth-order valence-electron chi connectivity index (χ4n) is 7.56. The van der Waals surface area contributed by atoms with E-state index in [2.05, 4.69) is 179 Å². The fraction of sp³-hybridized carbons (Fsp3) is 0. The first-order chi connectivity index (χ1) is 24.8. The molecule has 10 aromatic rings. The minimum Gasteiger partial charge on any atom is -0.309 e. The molecule has 7 aromatic carbocycles. The molecule has 0 aliphatic heterocycles. The van der Waals surface area contributed by atoms with Crippen molar-refractivity contribution in [1.29, 1.82) is 0 Å². The van der Waals surface area contributed by atoms with Crippen LogP contribution in [0.5, 0.6) is 0 Å². The van der Waals surface area contributed by atoms with Gasteiger partial charge in [0.05, 0.1) is 33.5 Å². The molecule has 0 bridgehead atoms. The van der Waals surface area contributed by atoms with Crippen LogP contribution >= 0.6 is 0 Å². The molecule has 234 valence electrons. The minimum absolute atomic E-state index is 0.650. The summed E-state index contributed by atoms with van der Waals surface area (Å²) in [6.07, 6.45) is 0. The van der Waals surface area contributed by atoms with E-state index in [4.69, 9.17) is 9.97 Å². The number of nitrogens with zero attached hydrogens (tertiary/aromatic N) is 4.